The topological polar surface area (TPSA) is 194 Å². The lowest BCUT2D eigenvalue weighted by Crippen LogP contribution is -2.63. The number of aliphatic hydroxyl groups excluding tert-OH is 5. The van der Waals surface area contributed by atoms with Crippen molar-refractivity contribution in [3.63, 3.8) is 0 Å². The molecule has 3 heterocycles. The largest absolute Gasteiger partial charge is 0.462 e. The van der Waals surface area contributed by atoms with Crippen LogP contribution < -0.4 is 0 Å². The maximum absolute atomic E-state index is 13.5. The minimum absolute atomic E-state index is 0.0147. The Balaban J connectivity index is 1.93. The summed E-state index contributed by atoms with van der Waals surface area (Å²) >= 11 is 0. The van der Waals surface area contributed by atoms with Gasteiger partial charge in [0.25, 0.3) is 0 Å². The standard InChI is InChI=1S/C38H65NO13/c1-11-24-16-20(4)26(40)14-13-19(3)15-25(18-48-38-36(47-10)34(46)32(44)23(7)50-38)28(12-2)51-29(42)17-27(41)21(5)35(24)52-37-33(45)30(39(8)9)31(43)22(6)49-37/h13-15,20-25,27-28,30-38,41,43-46H,11-12,16-18H2,1-10H3/b14-13+,19-15+/t20-,21+,22-,23-,24+,25-,27-,28-,30+,31-,32-,33-,34-,35-,36-,37+,38-/m1/s1. The van der Waals surface area contributed by atoms with Crippen LogP contribution in [0.3, 0.4) is 0 Å². The first kappa shape index (κ1) is 44.6. The van der Waals surface area contributed by atoms with Gasteiger partial charge in [-0.2, -0.15) is 0 Å². The highest BCUT2D eigenvalue weighted by Crippen LogP contribution is 2.35. The van der Waals surface area contributed by atoms with Crippen LogP contribution in [-0.2, 0) is 38.0 Å². The van der Waals surface area contributed by atoms with Crippen LogP contribution >= 0.6 is 0 Å². The van der Waals surface area contributed by atoms with E-state index >= 15 is 0 Å². The Kier molecular flexibility index (Phi) is 17.3. The Bertz CT molecular complexity index is 1200. The highest BCUT2D eigenvalue weighted by Gasteiger charge is 2.47. The normalized spacial score (nSPS) is 44.9. The number of aliphatic hydroxyl groups is 5. The van der Waals surface area contributed by atoms with Crippen LogP contribution in [0.25, 0.3) is 0 Å². The summed E-state index contributed by atoms with van der Waals surface area (Å²) in [6.45, 7) is 12.6. The molecule has 0 amide bonds. The quantitative estimate of drug-likeness (QED) is 0.214. The fourth-order valence-electron chi connectivity index (χ4n) is 7.55. The van der Waals surface area contributed by atoms with Gasteiger partial charge in [0.15, 0.2) is 18.4 Å². The predicted molar refractivity (Wildman–Crippen MR) is 191 cm³/mol. The molecule has 14 heteroatoms. The Morgan fingerprint density at radius 3 is 2.08 bits per heavy atom. The SMILES string of the molecule is CC[C@H]1C[C@@H](C)C(=O)/C=C/C(C)=C/[C@H](CO[C@@H]2O[C@H](C)[C@@H](O)[C@@H](O)[C@H]2OC)[C@@H](CC)OC(=O)C[C@@H](O)[C@H](C)[C@H]1O[C@@H]1O[C@H](C)[C@@H](O)[C@H](N(C)C)[C@H]1O. The van der Waals surface area contributed by atoms with Gasteiger partial charge in [-0.3, -0.25) is 9.59 Å². The number of carbonyl (C=O) groups is 2. The number of rotatable bonds is 9. The molecule has 3 rings (SSSR count). The summed E-state index contributed by atoms with van der Waals surface area (Å²) in [5, 5.41) is 54.4. The summed E-state index contributed by atoms with van der Waals surface area (Å²) in [5.74, 6) is -2.60. The molecule has 0 radical (unpaired) electrons. The number of nitrogens with zero attached hydrogens (tertiary/aromatic N) is 1. The fourth-order valence-corrected chi connectivity index (χ4v) is 7.55. The maximum Gasteiger partial charge on any atom is 0.308 e. The highest BCUT2D eigenvalue weighted by molar-refractivity contribution is 5.91. The van der Waals surface area contributed by atoms with Gasteiger partial charge in [-0.15, -0.1) is 0 Å². The van der Waals surface area contributed by atoms with E-state index in [0.29, 0.717) is 19.3 Å². The predicted octanol–water partition coefficient (Wildman–Crippen LogP) is 1.73. The van der Waals surface area contributed by atoms with Crippen molar-refractivity contribution < 1.29 is 63.5 Å². The third kappa shape index (κ3) is 11.1. The monoisotopic (exact) mass is 743 g/mol. The second-order valence-electron chi connectivity index (χ2n) is 15.2. The van der Waals surface area contributed by atoms with Crippen molar-refractivity contribution in [1.82, 2.24) is 4.90 Å². The van der Waals surface area contributed by atoms with Crippen LogP contribution in [-0.4, -0.2) is 150 Å². The van der Waals surface area contributed by atoms with E-state index in [4.69, 9.17) is 28.4 Å². The van der Waals surface area contributed by atoms with E-state index in [2.05, 4.69) is 0 Å². The van der Waals surface area contributed by atoms with Gasteiger partial charge in [0.05, 0.1) is 49.6 Å². The van der Waals surface area contributed by atoms with Gasteiger partial charge >= 0.3 is 5.97 Å². The first-order chi connectivity index (χ1) is 24.4. The second kappa shape index (κ2) is 20.2. The van der Waals surface area contributed by atoms with Crippen LogP contribution in [0.15, 0.2) is 23.8 Å². The van der Waals surface area contributed by atoms with E-state index < -0.39 is 103 Å². The van der Waals surface area contributed by atoms with Crippen LogP contribution in [0, 0.1) is 23.7 Å². The second-order valence-corrected chi connectivity index (χ2v) is 15.2. The molecule has 5 N–H and O–H groups in total. The lowest BCUT2D eigenvalue weighted by atomic mass is 9.80. The summed E-state index contributed by atoms with van der Waals surface area (Å²) in [6, 6.07) is -0.676. The zero-order valence-electron chi connectivity index (χ0n) is 32.5. The third-order valence-corrected chi connectivity index (χ3v) is 11.0. The molecule has 2 fully saturated rings. The first-order valence-corrected chi connectivity index (χ1v) is 18.7. The van der Waals surface area contributed by atoms with Crippen LogP contribution in [0.4, 0.5) is 0 Å². The number of likely N-dealkylation sites (N-methyl/N-ethyl adjacent to an activating group) is 1. The number of allylic oxidation sites excluding steroid dienone is 3. The van der Waals surface area contributed by atoms with Crippen molar-refractivity contribution in [2.24, 2.45) is 23.7 Å². The van der Waals surface area contributed by atoms with Gasteiger partial charge in [-0.05, 0) is 59.7 Å². The van der Waals surface area contributed by atoms with Gasteiger partial charge in [0.1, 0.15) is 30.5 Å². The number of ketones is 1. The van der Waals surface area contributed by atoms with Gasteiger partial charge in [0, 0.05) is 24.9 Å². The molecule has 3 aliphatic rings. The van der Waals surface area contributed by atoms with E-state index in [0.717, 1.165) is 5.57 Å². The molecule has 52 heavy (non-hydrogen) atoms. The van der Waals surface area contributed by atoms with Crippen LogP contribution in [0.5, 0.6) is 0 Å². The molecule has 0 spiro atoms. The molecule has 0 aromatic rings. The van der Waals surface area contributed by atoms with Gasteiger partial charge in [-0.25, -0.2) is 0 Å². The van der Waals surface area contributed by atoms with E-state index in [9.17, 15) is 35.1 Å². The number of ether oxygens (including phenoxy) is 6. The number of esters is 1. The molecule has 0 saturated carbocycles. The molecular formula is C38H65NO13. The van der Waals surface area contributed by atoms with Gasteiger partial charge in [0.2, 0.25) is 0 Å². The molecule has 0 bridgehead atoms. The summed E-state index contributed by atoms with van der Waals surface area (Å²) < 4.78 is 35.8. The highest BCUT2D eigenvalue weighted by atomic mass is 16.7. The average molecular weight is 744 g/mol. The lowest BCUT2D eigenvalue weighted by molar-refractivity contribution is -0.304. The molecule has 300 valence electrons. The van der Waals surface area contributed by atoms with Gasteiger partial charge < -0.3 is 58.9 Å². The minimum atomic E-state index is -1.25. The summed E-state index contributed by atoms with van der Waals surface area (Å²) in [4.78, 5) is 28.7. The van der Waals surface area contributed by atoms with Crippen molar-refractivity contribution in [1.29, 1.82) is 0 Å². The molecule has 0 unspecified atom stereocenters. The number of methoxy groups -OCH3 is 1. The number of hydrogen-bond acceptors (Lipinski definition) is 14. The summed E-state index contributed by atoms with van der Waals surface area (Å²) in [7, 11) is 4.88. The third-order valence-electron chi connectivity index (χ3n) is 11.0. The molecule has 3 aliphatic heterocycles. The van der Waals surface area contributed by atoms with Crippen molar-refractivity contribution in [3.8, 4) is 0 Å². The first-order valence-electron chi connectivity index (χ1n) is 18.7. The number of cyclic esters (lactones) is 1. The maximum atomic E-state index is 13.5. The molecule has 0 aromatic carbocycles. The molecule has 2 saturated heterocycles. The van der Waals surface area contributed by atoms with Crippen LogP contribution in [0.2, 0.25) is 0 Å². The molecule has 17 atom stereocenters. The molecular weight excluding hydrogens is 678 g/mol. The molecule has 0 aromatic heterocycles. The summed E-state index contributed by atoms with van der Waals surface area (Å²) in [5.41, 5.74) is 0.726. The van der Waals surface area contributed by atoms with Crippen molar-refractivity contribution in [2.75, 3.05) is 27.8 Å². The Hall–Kier alpha value is -1.82. The number of hydrogen-bond donors (Lipinski definition) is 5. The number of carbonyl (C=O) groups excluding carboxylic acids is 2. The van der Waals surface area contributed by atoms with Crippen molar-refractivity contribution in [2.45, 2.75) is 154 Å². The van der Waals surface area contributed by atoms with E-state index in [-0.39, 0.29) is 24.7 Å². The van der Waals surface area contributed by atoms with E-state index in [1.54, 1.807) is 45.8 Å². The molecule has 0 aliphatic carbocycles. The Labute approximate surface area is 309 Å². The van der Waals surface area contributed by atoms with Crippen molar-refractivity contribution in [3.05, 3.63) is 23.8 Å². The minimum Gasteiger partial charge on any atom is -0.462 e. The Morgan fingerprint density at radius 1 is 0.846 bits per heavy atom. The van der Waals surface area contributed by atoms with E-state index in [1.165, 1.54) is 13.2 Å². The van der Waals surface area contributed by atoms with Crippen LogP contribution in [0.1, 0.15) is 74.1 Å². The van der Waals surface area contributed by atoms with E-state index in [1.807, 2.05) is 33.8 Å². The van der Waals surface area contributed by atoms with Crippen molar-refractivity contribution >= 4 is 11.8 Å². The molecule has 14 nitrogen and oxygen atoms in total. The zero-order valence-corrected chi connectivity index (χ0v) is 32.5. The Morgan fingerprint density at radius 2 is 1.48 bits per heavy atom. The van der Waals surface area contributed by atoms with Gasteiger partial charge in [-0.1, -0.05) is 51.8 Å². The smallest absolute Gasteiger partial charge is 0.308 e. The summed E-state index contributed by atoms with van der Waals surface area (Å²) in [6.07, 6.45) is -5.63. The average Bonchev–Trinajstić information content (AvgIpc) is 3.09. The lowest BCUT2D eigenvalue weighted by Gasteiger charge is -2.46. The fraction of sp³-hybridized carbons (Fsp3) is 0.842. The zero-order chi connectivity index (χ0) is 39.0.